The first-order valence-electron chi connectivity index (χ1n) is 10.3. The minimum atomic E-state index is 0.119. The van der Waals surface area contributed by atoms with Crippen LogP contribution in [-0.4, -0.2) is 40.6 Å². The number of piperazine rings is 1. The Kier molecular flexibility index (Phi) is 5.10. The molecular weight excluding hydrogens is 404 g/mol. The zero-order valence-corrected chi connectivity index (χ0v) is 18.2. The fourth-order valence-electron chi connectivity index (χ4n) is 4.51. The Morgan fingerprint density at radius 3 is 2.55 bits per heavy atom. The van der Waals surface area contributed by atoms with Gasteiger partial charge in [0.05, 0.1) is 5.39 Å². The van der Waals surface area contributed by atoms with E-state index < -0.39 is 0 Å². The third kappa shape index (κ3) is 3.58. The minimum absolute atomic E-state index is 0.119. The maximum absolute atomic E-state index is 13.1. The zero-order valence-electron chi connectivity index (χ0n) is 16.7. The van der Waals surface area contributed by atoms with Gasteiger partial charge in [-0.3, -0.25) is 14.3 Å². The van der Waals surface area contributed by atoms with Crippen molar-refractivity contribution in [1.29, 1.82) is 0 Å². The Morgan fingerprint density at radius 2 is 1.79 bits per heavy atom. The molecule has 3 heterocycles. The number of hydrogen-bond donors (Lipinski definition) is 0. The maximum Gasteiger partial charge on any atom is 0.263 e. The number of halogens is 1. The summed E-state index contributed by atoms with van der Waals surface area (Å²) in [5.74, 6) is 0.812. The molecule has 0 spiro atoms. The summed E-state index contributed by atoms with van der Waals surface area (Å²) in [6, 6.07) is 8.07. The lowest BCUT2D eigenvalue weighted by molar-refractivity contribution is 0.248. The van der Waals surface area contributed by atoms with E-state index in [1.165, 1.54) is 28.8 Å². The normalized spacial score (nSPS) is 17.7. The average Bonchev–Trinajstić information content (AvgIpc) is 3.12. The van der Waals surface area contributed by atoms with E-state index >= 15 is 0 Å². The van der Waals surface area contributed by atoms with Gasteiger partial charge in [0.2, 0.25) is 5.95 Å². The van der Waals surface area contributed by atoms with Crippen LogP contribution in [0.15, 0.2) is 29.1 Å². The first kappa shape index (κ1) is 19.1. The van der Waals surface area contributed by atoms with Crippen molar-refractivity contribution in [3.05, 3.63) is 55.6 Å². The number of aromatic nitrogens is 2. The Bertz CT molecular complexity index is 1100. The van der Waals surface area contributed by atoms with Crippen molar-refractivity contribution in [3.63, 3.8) is 0 Å². The number of hydrogen-bond acceptors (Lipinski definition) is 5. The van der Waals surface area contributed by atoms with Gasteiger partial charge in [-0.15, -0.1) is 11.3 Å². The number of anilines is 1. The Labute approximate surface area is 179 Å². The summed E-state index contributed by atoms with van der Waals surface area (Å²) in [6.07, 6.45) is 4.52. The molecule has 2 aromatic heterocycles. The molecule has 29 heavy (non-hydrogen) atoms. The average molecular weight is 429 g/mol. The molecule has 7 heteroatoms. The Morgan fingerprint density at radius 1 is 1.07 bits per heavy atom. The molecule has 0 N–H and O–H groups in total. The molecule has 1 aliphatic carbocycles. The molecule has 0 unspecified atom stereocenters. The van der Waals surface area contributed by atoms with Gasteiger partial charge in [-0.25, -0.2) is 4.98 Å². The standard InChI is InChI=1S/C22H25ClN4OS/c1-25-21(28)19-17-4-2-3-5-18(17)29-20(19)24-22(25)27-12-10-26(11-13-27)14-15-6-8-16(23)9-7-15/h6-9H,2-5,10-14H2,1H3. The Hall–Kier alpha value is -1.89. The number of benzene rings is 1. The van der Waals surface area contributed by atoms with Gasteiger partial charge in [0, 0.05) is 49.7 Å². The van der Waals surface area contributed by atoms with Gasteiger partial charge in [-0.1, -0.05) is 23.7 Å². The fraction of sp³-hybridized carbons (Fsp3) is 0.455. The van der Waals surface area contributed by atoms with Crippen molar-refractivity contribution in [1.82, 2.24) is 14.5 Å². The van der Waals surface area contributed by atoms with E-state index in [0.717, 1.165) is 66.8 Å². The zero-order chi connectivity index (χ0) is 20.0. The molecule has 1 fully saturated rings. The lowest BCUT2D eigenvalue weighted by Crippen LogP contribution is -2.47. The van der Waals surface area contributed by atoms with Gasteiger partial charge in [-0.05, 0) is 48.9 Å². The van der Waals surface area contributed by atoms with Crippen LogP contribution in [0.5, 0.6) is 0 Å². The fourth-order valence-corrected chi connectivity index (χ4v) is 5.88. The summed E-state index contributed by atoms with van der Waals surface area (Å²) >= 11 is 7.72. The SMILES string of the molecule is Cn1c(N2CCN(Cc3ccc(Cl)cc3)CC2)nc2sc3c(c2c1=O)CCCC3. The summed E-state index contributed by atoms with van der Waals surface area (Å²) in [7, 11) is 1.87. The van der Waals surface area contributed by atoms with Crippen LogP contribution in [0.4, 0.5) is 5.95 Å². The number of nitrogens with zero attached hydrogens (tertiary/aromatic N) is 4. The summed E-state index contributed by atoms with van der Waals surface area (Å²) in [5, 5.41) is 1.65. The van der Waals surface area contributed by atoms with E-state index in [9.17, 15) is 4.79 Å². The monoisotopic (exact) mass is 428 g/mol. The van der Waals surface area contributed by atoms with Crippen molar-refractivity contribution in [2.45, 2.75) is 32.2 Å². The van der Waals surface area contributed by atoms with Crippen molar-refractivity contribution in [3.8, 4) is 0 Å². The highest BCUT2D eigenvalue weighted by Crippen LogP contribution is 2.34. The molecule has 1 aliphatic heterocycles. The molecule has 5 nitrogen and oxygen atoms in total. The quantitative estimate of drug-likeness (QED) is 0.635. The third-order valence-electron chi connectivity index (χ3n) is 6.15. The molecule has 0 amide bonds. The molecule has 0 radical (unpaired) electrons. The lowest BCUT2D eigenvalue weighted by atomic mass is 9.97. The van der Waals surface area contributed by atoms with Crippen molar-refractivity contribution in [2.24, 2.45) is 7.05 Å². The van der Waals surface area contributed by atoms with Crippen molar-refractivity contribution < 1.29 is 0 Å². The van der Waals surface area contributed by atoms with E-state index in [1.807, 2.05) is 19.2 Å². The summed E-state index contributed by atoms with van der Waals surface area (Å²) < 4.78 is 1.76. The van der Waals surface area contributed by atoms with Crippen molar-refractivity contribution in [2.75, 3.05) is 31.1 Å². The van der Waals surface area contributed by atoms with E-state index in [4.69, 9.17) is 16.6 Å². The second kappa shape index (κ2) is 7.74. The number of rotatable bonds is 3. The van der Waals surface area contributed by atoms with Gasteiger partial charge in [0.15, 0.2) is 0 Å². The second-order valence-electron chi connectivity index (χ2n) is 8.06. The molecule has 2 aliphatic rings. The van der Waals surface area contributed by atoms with E-state index in [0.29, 0.717) is 0 Å². The molecular formula is C22H25ClN4OS. The van der Waals surface area contributed by atoms with E-state index in [1.54, 1.807) is 15.9 Å². The maximum atomic E-state index is 13.1. The van der Waals surface area contributed by atoms with Gasteiger partial charge < -0.3 is 4.90 Å². The second-order valence-corrected chi connectivity index (χ2v) is 9.58. The molecule has 0 saturated carbocycles. The number of thiophene rings is 1. The van der Waals surface area contributed by atoms with Crippen molar-refractivity contribution >= 4 is 39.1 Å². The molecule has 5 rings (SSSR count). The van der Waals surface area contributed by atoms with Gasteiger partial charge >= 0.3 is 0 Å². The highest BCUT2D eigenvalue weighted by molar-refractivity contribution is 7.18. The van der Waals surface area contributed by atoms with Crippen LogP contribution in [0.1, 0.15) is 28.8 Å². The first-order valence-corrected chi connectivity index (χ1v) is 11.5. The van der Waals surface area contributed by atoms with Gasteiger partial charge in [0.25, 0.3) is 5.56 Å². The highest BCUT2D eigenvalue weighted by atomic mass is 35.5. The van der Waals surface area contributed by atoms with Gasteiger partial charge in [-0.2, -0.15) is 0 Å². The van der Waals surface area contributed by atoms with Crippen LogP contribution < -0.4 is 10.5 Å². The smallest absolute Gasteiger partial charge is 0.263 e. The van der Waals surface area contributed by atoms with Crippen LogP contribution in [-0.2, 0) is 26.4 Å². The molecule has 0 atom stereocenters. The van der Waals surface area contributed by atoms with Crippen LogP contribution in [0.25, 0.3) is 10.2 Å². The molecule has 1 aromatic carbocycles. The minimum Gasteiger partial charge on any atom is -0.340 e. The van der Waals surface area contributed by atoms with Crippen LogP contribution in [0.3, 0.4) is 0 Å². The summed E-state index contributed by atoms with van der Waals surface area (Å²) in [6.45, 7) is 4.60. The highest BCUT2D eigenvalue weighted by Gasteiger charge is 2.25. The lowest BCUT2D eigenvalue weighted by Gasteiger charge is -2.35. The van der Waals surface area contributed by atoms with Crippen LogP contribution in [0.2, 0.25) is 5.02 Å². The molecule has 0 bridgehead atoms. The molecule has 3 aromatic rings. The Balaban J connectivity index is 1.36. The topological polar surface area (TPSA) is 41.4 Å². The predicted octanol–water partition coefficient (Wildman–Crippen LogP) is 3.85. The number of aryl methyl sites for hydroxylation is 2. The number of fused-ring (bicyclic) bond motifs is 3. The third-order valence-corrected chi connectivity index (χ3v) is 7.58. The largest absolute Gasteiger partial charge is 0.340 e. The van der Waals surface area contributed by atoms with E-state index in [2.05, 4.69) is 21.9 Å². The van der Waals surface area contributed by atoms with Gasteiger partial charge in [0.1, 0.15) is 4.83 Å². The molecule has 1 saturated heterocycles. The predicted molar refractivity (Wildman–Crippen MR) is 120 cm³/mol. The van der Waals surface area contributed by atoms with Crippen LogP contribution in [0, 0.1) is 0 Å². The summed E-state index contributed by atoms with van der Waals surface area (Å²) in [4.78, 5) is 25.1. The van der Waals surface area contributed by atoms with E-state index in [-0.39, 0.29) is 5.56 Å². The molecule has 152 valence electrons. The van der Waals surface area contributed by atoms with Crippen LogP contribution >= 0.6 is 22.9 Å². The summed E-state index contributed by atoms with van der Waals surface area (Å²) in [5.41, 5.74) is 2.66. The first-order chi connectivity index (χ1) is 14.1.